The number of rotatable bonds is 4. The summed E-state index contributed by atoms with van der Waals surface area (Å²) >= 11 is 1.43. The van der Waals surface area contributed by atoms with Gasteiger partial charge in [-0.2, -0.15) is 4.98 Å². The third-order valence-electron chi connectivity index (χ3n) is 3.61. The summed E-state index contributed by atoms with van der Waals surface area (Å²) < 4.78 is 6.04. The van der Waals surface area contributed by atoms with Crippen LogP contribution in [0.15, 0.2) is 42.1 Å². The molecule has 1 unspecified atom stereocenters. The first-order valence-corrected chi connectivity index (χ1v) is 8.68. The highest BCUT2D eigenvalue weighted by atomic mass is 32.2. The van der Waals surface area contributed by atoms with Crippen LogP contribution in [0.5, 0.6) is 5.88 Å². The Morgan fingerprint density at radius 2 is 2.21 bits per heavy atom. The lowest BCUT2D eigenvalue weighted by Crippen LogP contribution is -2.42. The average molecular weight is 342 g/mol. The van der Waals surface area contributed by atoms with E-state index < -0.39 is 6.23 Å². The standard InChI is InChI=1S/C17H18N4O2S/c1-4-10-24-17-18-16-15(19-20-17)12-8-6-7-9-13(12)21(11(3)22)14(5-2)23-16/h4,6-9,14H,1,5,10H2,2-3H3. The van der Waals surface area contributed by atoms with Crippen molar-refractivity contribution in [1.29, 1.82) is 0 Å². The fraction of sp³-hybridized carbons (Fsp3) is 0.294. The van der Waals surface area contributed by atoms with Gasteiger partial charge in [0.25, 0.3) is 0 Å². The monoisotopic (exact) mass is 342 g/mol. The molecule has 0 N–H and O–H groups in total. The van der Waals surface area contributed by atoms with Gasteiger partial charge in [0.2, 0.25) is 16.9 Å². The van der Waals surface area contributed by atoms with Gasteiger partial charge in [-0.25, -0.2) is 0 Å². The number of anilines is 1. The van der Waals surface area contributed by atoms with Gasteiger partial charge in [0.05, 0.1) is 5.69 Å². The zero-order valence-corrected chi connectivity index (χ0v) is 14.4. The molecule has 0 aliphatic carbocycles. The Kier molecular flexibility index (Phi) is 4.80. The van der Waals surface area contributed by atoms with Crippen molar-refractivity contribution in [2.75, 3.05) is 10.7 Å². The van der Waals surface area contributed by atoms with Crippen molar-refractivity contribution in [3.05, 3.63) is 36.9 Å². The van der Waals surface area contributed by atoms with Crippen LogP contribution in [0.4, 0.5) is 5.69 Å². The minimum atomic E-state index is -0.432. The van der Waals surface area contributed by atoms with Crippen LogP contribution in [-0.2, 0) is 4.79 Å². The van der Waals surface area contributed by atoms with E-state index >= 15 is 0 Å². The molecule has 3 rings (SSSR count). The Hall–Kier alpha value is -2.41. The molecule has 0 fully saturated rings. The van der Waals surface area contributed by atoms with Crippen molar-refractivity contribution in [1.82, 2.24) is 15.2 Å². The lowest BCUT2D eigenvalue weighted by atomic mass is 10.1. The quantitative estimate of drug-likeness (QED) is 0.627. The van der Waals surface area contributed by atoms with Crippen LogP contribution in [0.3, 0.4) is 0 Å². The molecule has 7 heteroatoms. The number of amides is 1. The number of nitrogens with zero attached hydrogens (tertiary/aromatic N) is 4. The molecule has 24 heavy (non-hydrogen) atoms. The highest BCUT2D eigenvalue weighted by Crippen LogP contribution is 2.39. The van der Waals surface area contributed by atoms with E-state index in [0.717, 1.165) is 11.3 Å². The fourth-order valence-corrected chi connectivity index (χ4v) is 3.12. The van der Waals surface area contributed by atoms with Crippen molar-refractivity contribution in [3.8, 4) is 17.1 Å². The molecule has 2 heterocycles. The first-order chi connectivity index (χ1) is 11.7. The lowest BCUT2D eigenvalue weighted by Gasteiger charge is -2.28. The highest BCUT2D eigenvalue weighted by molar-refractivity contribution is 7.99. The molecule has 0 saturated heterocycles. The molecule has 0 radical (unpaired) electrons. The number of benzene rings is 1. The van der Waals surface area contributed by atoms with E-state index in [4.69, 9.17) is 4.74 Å². The smallest absolute Gasteiger partial charge is 0.247 e. The van der Waals surface area contributed by atoms with Crippen molar-refractivity contribution < 1.29 is 9.53 Å². The molecule has 1 aliphatic rings. The molecule has 0 spiro atoms. The number of carbonyl (C=O) groups excluding carboxylic acids is 1. The summed E-state index contributed by atoms with van der Waals surface area (Å²) in [5.74, 6) is 1.00. The van der Waals surface area contributed by atoms with Gasteiger partial charge in [0.1, 0.15) is 0 Å². The molecule has 2 aromatic rings. The summed E-state index contributed by atoms with van der Waals surface area (Å²) in [4.78, 5) is 18.3. The van der Waals surface area contributed by atoms with Crippen LogP contribution in [0.25, 0.3) is 11.3 Å². The summed E-state index contributed by atoms with van der Waals surface area (Å²) in [5.41, 5.74) is 2.10. The number of thioether (sulfide) groups is 1. The first kappa shape index (κ1) is 16.4. The van der Waals surface area contributed by atoms with Gasteiger partial charge < -0.3 is 4.74 Å². The molecular formula is C17H18N4O2S. The van der Waals surface area contributed by atoms with Gasteiger partial charge in [-0.3, -0.25) is 9.69 Å². The zero-order chi connectivity index (χ0) is 17.1. The molecule has 1 atom stereocenters. The van der Waals surface area contributed by atoms with Crippen molar-refractivity contribution in [2.24, 2.45) is 0 Å². The van der Waals surface area contributed by atoms with Gasteiger partial charge in [-0.15, -0.1) is 16.8 Å². The number of ether oxygens (including phenoxy) is 1. The van der Waals surface area contributed by atoms with E-state index in [2.05, 4.69) is 21.8 Å². The number of para-hydroxylation sites is 1. The summed E-state index contributed by atoms with van der Waals surface area (Å²) in [6.07, 6.45) is 1.98. The summed E-state index contributed by atoms with van der Waals surface area (Å²) in [6.45, 7) is 7.19. The normalized spacial score (nSPS) is 15.8. The number of fused-ring (bicyclic) bond motifs is 3. The number of hydrogen-bond acceptors (Lipinski definition) is 6. The van der Waals surface area contributed by atoms with Crippen LogP contribution in [0.1, 0.15) is 20.3 Å². The fourth-order valence-electron chi connectivity index (χ4n) is 2.60. The largest absolute Gasteiger partial charge is 0.451 e. The Labute approximate surface area is 144 Å². The molecule has 1 amide bonds. The second-order valence-electron chi connectivity index (χ2n) is 5.23. The molecule has 124 valence electrons. The summed E-state index contributed by atoms with van der Waals surface area (Å²) in [5, 5.41) is 8.99. The van der Waals surface area contributed by atoms with E-state index in [1.807, 2.05) is 31.2 Å². The second kappa shape index (κ2) is 7.00. The maximum atomic E-state index is 12.2. The predicted octanol–water partition coefficient (Wildman–Crippen LogP) is 3.30. The third kappa shape index (κ3) is 2.99. The maximum absolute atomic E-state index is 12.2. The minimum Gasteiger partial charge on any atom is -0.451 e. The van der Waals surface area contributed by atoms with Crippen LogP contribution >= 0.6 is 11.8 Å². The molecule has 1 aliphatic heterocycles. The van der Waals surface area contributed by atoms with E-state index in [1.54, 1.807) is 11.0 Å². The van der Waals surface area contributed by atoms with Crippen molar-refractivity contribution >= 4 is 23.4 Å². The topological polar surface area (TPSA) is 68.2 Å². The average Bonchev–Trinajstić information content (AvgIpc) is 2.73. The van der Waals surface area contributed by atoms with E-state index in [-0.39, 0.29) is 5.91 Å². The first-order valence-electron chi connectivity index (χ1n) is 7.70. The minimum absolute atomic E-state index is 0.0867. The Bertz CT molecular complexity index is 781. The van der Waals surface area contributed by atoms with E-state index in [0.29, 0.717) is 28.9 Å². The molecular weight excluding hydrogens is 324 g/mol. The number of aromatic nitrogens is 3. The lowest BCUT2D eigenvalue weighted by molar-refractivity contribution is -0.118. The van der Waals surface area contributed by atoms with Crippen LogP contribution < -0.4 is 9.64 Å². The van der Waals surface area contributed by atoms with Gasteiger partial charge in [-0.05, 0) is 6.07 Å². The highest BCUT2D eigenvalue weighted by Gasteiger charge is 2.32. The van der Waals surface area contributed by atoms with Crippen LogP contribution in [0.2, 0.25) is 0 Å². The Morgan fingerprint density at radius 3 is 2.92 bits per heavy atom. The van der Waals surface area contributed by atoms with Crippen LogP contribution in [-0.4, -0.2) is 33.1 Å². The van der Waals surface area contributed by atoms with Gasteiger partial charge in [0, 0.05) is 24.7 Å². The zero-order valence-electron chi connectivity index (χ0n) is 13.6. The summed E-state index contributed by atoms with van der Waals surface area (Å²) in [6, 6.07) is 7.58. The van der Waals surface area contributed by atoms with Gasteiger partial charge in [-0.1, -0.05) is 43.0 Å². The molecule has 0 saturated carbocycles. The molecule has 1 aromatic heterocycles. The van der Waals surface area contributed by atoms with Crippen molar-refractivity contribution in [2.45, 2.75) is 31.7 Å². The predicted molar refractivity (Wildman–Crippen MR) is 94.1 cm³/mol. The maximum Gasteiger partial charge on any atom is 0.247 e. The Morgan fingerprint density at radius 1 is 1.42 bits per heavy atom. The number of hydrogen-bond donors (Lipinski definition) is 0. The van der Waals surface area contributed by atoms with Crippen LogP contribution in [0, 0.1) is 0 Å². The van der Waals surface area contributed by atoms with Gasteiger partial charge in [0.15, 0.2) is 11.9 Å². The molecule has 0 bridgehead atoms. The Balaban J connectivity index is 2.15. The van der Waals surface area contributed by atoms with Crippen molar-refractivity contribution in [3.63, 3.8) is 0 Å². The molecule has 1 aromatic carbocycles. The SMILES string of the molecule is C=CCSc1nnc2c(n1)OC(CC)N(C(C)=O)c1ccccc1-2. The summed E-state index contributed by atoms with van der Waals surface area (Å²) in [7, 11) is 0. The van der Waals surface area contributed by atoms with Gasteiger partial charge >= 0.3 is 0 Å². The number of carbonyl (C=O) groups is 1. The third-order valence-corrected chi connectivity index (χ3v) is 4.44. The molecule has 6 nitrogen and oxygen atoms in total. The van der Waals surface area contributed by atoms with E-state index in [1.165, 1.54) is 18.7 Å². The van der Waals surface area contributed by atoms with E-state index in [9.17, 15) is 4.79 Å². The second-order valence-corrected chi connectivity index (χ2v) is 6.22.